The number of anilines is 3. The molecule has 138 valence electrons. The van der Waals surface area contributed by atoms with Crippen LogP contribution in [0.2, 0.25) is 0 Å². The molecule has 3 N–H and O–H groups in total. The van der Waals surface area contributed by atoms with E-state index in [1.165, 1.54) is 12.7 Å². The monoisotopic (exact) mass is 355 g/mol. The zero-order valence-corrected chi connectivity index (χ0v) is 15.6. The van der Waals surface area contributed by atoms with Crippen LogP contribution >= 0.6 is 0 Å². The van der Waals surface area contributed by atoms with E-state index in [1.54, 1.807) is 12.3 Å². The first kappa shape index (κ1) is 18.0. The fourth-order valence-corrected chi connectivity index (χ4v) is 2.92. The van der Waals surface area contributed by atoms with Crippen molar-refractivity contribution in [3.63, 3.8) is 0 Å². The molecule has 0 aliphatic rings. The van der Waals surface area contributed by atoms with Crippen LogP contribution in [0.25, 0.3) is 11.2 Å². The molecule has 0 aromatic carbocycles. The molecule has 3 rings (SSSR count). The van der Waals surface area contributed by atoms with E-state index in [4.69, 9.17) is 0 Å². The molecule has 0 unspecified atom stereocenters. The summed E-state index contributed by atoms with van der Waals surface area (Å²) in [5.74, 6) is 1.96. The second-order valence-electron chi connectivity index (χ2n) is 6.58. The molecule has 0 spiro atoms. The molecule has 0 aliphatic heterocycles. The van der Waals surface area contributed by atoms with Crippen molar-refractivity contribution >= 4 is 28.7 Å². The van der Waals surface area contributed by atoms with Crippen molar-refractivity contribution in [1.29, 1.82) is 0 Å². The zero-order chi connectivity index (χ0) is 18.5. The number of aromatic nitrogens is 6. The Morgan fingerprint density at radius 2 is 1.88 bits per heavy atom. The van der Waals surface area contributed by atoms with Gasteiger partial charge in [-0.2, -0.15) is 4.98 Å². The second-order valence-corrected chi connectivity index (χ2v) is 6.58. The van der Waals surface area contributed by atoms with Gasteiger partial charge in [0.1, 0.15) is 24.0 Å². The van der Waals surface area contributed by atoms with Crippen molar-refractivity contribution in [1.82, 2.24) is 34.8 Å². The highest BCUT2D eigenvalue weighted by Crippen LogP contribution is 2.20. The van der Waals surface area contributed by atoms with Gasteiger partial charge in [0.05, 0.1) is 0 Å². The number of hydrogen-bond acceptors (Lipinski definition) is 8. The molecule has 0 radical (unpaired) electrons. The van der Waals surface area contributed by atoms with Gasteiger partial charge in [-0.25, -0.2) is 19.9 Å². The normalized spacial score (nSPS) is 11.7. The van der Waals surface area contributed by atoms with Crippen LogP contribution in [0.4, 0.5) is 17.6 Å². The minimum atomic E-state index is 0.498. The van der Waals surface area contributed by atoms with E-state index in [1.807, 2.05) is 0 Å². The Morgan fingerprint density at radius 3 is 2.58 bits per heavy atom. The van der Waals surface area contributed by atoms with Gasteiger partial charge in [-0.15, -0.1) is 0 Å². The second kappa shape index (κ2) is 8.05. The Labute approximate surface area is 152 Å². The Balaban J connectivity index is 1.71. The first-order valence-electron chi connectivity index (χ1n) is 8.78. The van der Waals surface area contributed by atoms with Gasteiger partial charge in [0, 0.05) is 31.4 Å². The summed E-state index contributed by atoms with van der Waals surface area (Å²) in [4.78, 5) is 26.7. The highest BCUT2D eigenvalue weighted by atomic mass is 15.2. The topological polar surface area (TPSA) is 108 Å². The predicted octanol–water partition coefficient (Wildman–Crippen LogP) is 2.42. The highest BCUT2D eigenvalue weighted by molar-refractivity contribution is 5.84. The van der Waals surface area contributed by atoms with E-state index in [2.05, 4.69) is 73.1 Å². The highest BCUT2D eigenvalue weighted by Gasteiger charge is 2.14. The van der Waals surface area contributed by atoms with Gasteiger partial charge >= 0.3 is 0 Å². The van der Waals surface area contributed by atoms with Crippen molar-refractivity contribution < 1.29 is 0 Å². The minimum absolute atomic E-state index is 0.498. The maximum atomic E-state index is 4.44. The number of fused-ring (bicyclic) bond motifs is 1. The summed E-state index contributed by atoms with van der Waals surface area (Å²) in [6.45, 7) is 10.6. The third kappa shape index (κ3) is 4.23. The predicted molar refractivity (Wildman–Crippen MR) is 102 cm³/mol. The van der Waals surface area contributed by atoms with Crippen LogP contribution in [0, 0.1) is 0 Å². The minimum Gasteiger partial charge on any atom is -0.367 e. The lowest BCUT2D eigenvalue weighted by Gasteiger charge is -2.30. The largest absolute Gasteiger partial charge is 0.367 e. The van der Waals surface area contributed by atoms with Crippen LogP contribution in [-0.4, -0.2) is 60.0 Å². The lowest BCUT2D eigenvalue weighted by molar-refractivity contribution is 0.182. The summed E-state index contributed by atoms with van der Waals surface area (Å²) in [5.41, 5.74) is 1.37. The summed E-state index contributed by atoms with van der Waals surface area (Å²) in [6, 6.07) is 2.76. The molecular weight excluding hydrogens is 330 g/mol. The van der Waals surface area contributed by atoms with Crippen LogP contribution in [-0.2, 0) is 0 Å². The van der Waals surface area contributed by atoms with Gasteiger partial charge in [0.2, 0.25) is 5.95 Å². The quantitative estimate of drug-likeness (QED) is 0.565. The van der Waals surface area contributed by atoms with Crippen molar-refractivity contribution in [2.45, 2.75) is 39.8 Å². The van der Waals surface area contributed by atoms with Crippen LogP contribution in [0.1, 0.15) is 27.7 Å². The Morgan fingerprint density at radius 1 is 1.08 bits per heavy atom. The third-order valence-electron chi connectivity index (χ3n) is 4.11. The Kier molecular flexibility index (Phi) is 5.57. The van der Waals surface area contributed by atoms with Gasteiger partial charge in [0.25, 0.3) is 0 Å². The van der Waals surface area contributed by atoms with Crippen molar-refractivity contribution in [2.75, 3.05) is 23.7 Å². The molecule has 3 aromatic rings. The van der Waals surface area contributed by atoms with E-state index < -0.39 is 0 Å². The number of H-pyrrole nitrogens is 1. The van der Waals surface area contributed by atoms with Crippen LogP contribution < -0.4 is 10.6 Å². The van der Waals surface area contributed by atoms with E-state index in [9.17, 15) is 0 Å². The summed E-state index contributed by atoms with van der Waals surface area (Å²) >= 11 is 0. The average molecular weight is 355 g/mol. The number of nitrogens with zero attached hydrogens (tertiary/aromatic N) is 6. The number of nitrogens with one attached hydrogen (secondary N) is 3. The number of aromatic amines is 1. The van der Waals surface area contributed by atoms with Crippen molar-refractivity contribution in [2.24, 2.45) is 0 Å². The molecule has 0 saturated carbocycles. The molecule has 0 amide bonds. The van der Waals surface area contributed by atoms with Crippen molar-refractivity contribution in [3.8, 4) is 0 Å². The summed E-state index contributed by atoms with van der Waals surface area (Å²) in [7, 11) is 0. The van der Waals surface area contributed by atoms with Gasteiger partial charge < -0.3 is 15.6 Å². The maximum Gasteiger partial charge on any atom is 0.208 e. The standard InChI is InChI=1S/C17H25N9/c1-11(2)26(12(3)4)8-7-19-15-14-16(22-10-21-15)25-17(24-14)23-13-5-6-18-9-20-13/h5-6,9-12H,7-8H2,1-4H3,(H3,18,19,20,21,22,23,24,25). The maximum absolute atomic E-state index is 4.44. The molecular formula is C17H25N9. The third-order valence-corrected chi connectivity index (χ3v) is 4.11. The molecule has 0 atom stereocenters. The molecule has 0 aliphatic carbocycles. The molecule has 9 heteroatoms. The van der Waals surface area contributed by atoms with Crippen LogP contribution in [0.5, 0.6) is 0 Å². The van der Waals surface area contributed by atoms with Crippen molar-refractivity contribution in [3.05, 3.63) is 24.9 Å². The van der Waals surface area contributed by atoms with Crippen LogP contribution in [0.3, 0.4) is 0 Å². The first-order valence-corrected chi connectivity index (χ1v) is 8.78. The lowest BCUT2D eigenvalue weighted by Crippen LogP contribution is -2.40. The summed E-state index contributed by atoms with van der Waals surface area (Å²) in [6.07, 6.45) is 4.66. The smallest absolute Gasteiger partial charge is 0.208 e. The van der Waals surface area contributed by atoms with Gasteiger partial charge in [-0.1, -0.05) is 0 Å². The molecule has 26 heavy (non-hydrogen) atoms. The Bertz CT molecular complexity index is 821. The SMILES string of the molecule is CC(C)N(CCNc1ncnc2nc(Nc3ccncn3)[nH]c12)C(C)C. The fourth-order valence-electron chi connectivity index (χ4n) is 2.92. The fraction of sp³-hybridized carbons (Fsp3) is 0.471. The summed E-state index contributed by atoms with van der Waals surface area (Å²) in [5, 5.41) is 6.49. The molecule has 0 saturated heterocycles. The zero-order valence-electron chi connectivity index (χ0n) is 15.6. The summed E-state index contributed by atoms with van der Waals surface area (Å²) < 4.78 is 0. The molecule has 3 heterocycles. The van der Waals surface area contributed by atoms with E-state index in [-0.39, 0.29) is 0 Å². The molecule has 9 nitrogen and oxygen atoms in total. The number of imidazole rings is 1. The average Bonchev–Trinajstić information content (AvgIpc) is 3.02. The van der Waals surface area contributed by atoms with Crippen LogP contribution in [0.15, 0.2) is 24.9 Å². The van der Waals surface area contributed by atoms with Gasteiger partial charge in [-0.3, -0.25) is 4.90 Å². The Hall–Kier alpha value is -2.81. The van der Waals surface area contributed by atoms with Gasteiger partial charge in [-0.05, 0) is 33.8 Å². The number of rotatable bonds is 8. The molecule has 0 bridgehead atoms. The van der Waals surface area contributed by atoms with E-state index in [0.29, 0.717) is 29.5 Å². The van der Waals surface area contributed by atoms with Gasteiger partial charge in [0.15, 0.2) is 11.5 Å². The molecule has 3 aromatic heterocycles. The van der Waals surface area contributed by atoms with E-state index in [0.717, 1.165) is 24.4 Å². The molecule has 0 fully saturated rings. The number of hydrogen-bond donors (Lipinski definition) is 3. The van der Waals surface area contributed by atoms with E-state index >= 15 is 0 Å². The lowest BCUT2D eigenvalue weighted by atomic mass is 10.2. The first-order chi connectivity index (χ1) is 12.5.